The number of amides is 1. The van der Waals surface area contributed by atoms with Crippen LogP contribution < -0.4 is 10.2 Å². The van der Waals surface area contributed by atoms with E-state index in [-0.39, 0.29) is 11.8 Å². The molecule has 8 heteroatoms. The molecule has 0 spiro atoms. The molecule has 25 heavy (non-hydrogen) atoms. The maximum atomic E-state index is 12.6. The molecule has 4 rings (SSSR count). The lowest BCUT2D eigenvalue weighted by Gasteiger charge is -2.32. The zero-order chi connectivity index (χ0) is 17.2. The Bertz CT molecular complexity index is 889. The first-order valence-electron chi connectivity index (χ1n) is 8.34. The normalized spacial score (nSPS) is 17.6. The molecule has 1 aliphatic heterocycles. The van der Waals surface area contributed by atoms with Crippen molar-refractivity contribution in [1.29, 1.82) is 0 Å². The highest BCUT2D eigenvalue weighted by Gasteiger charge is 2.27. The Balaban J connectivity index is 1.46. The van der Waals surface area contributed by atoms with Crippen LogP contribution in [-0.4, -0.2) is 43.8 Å². The number of fused-ring (bicyclic) bond motifs is 1. The van der Waals surface area contributed by atoms with E-state index in [4.69, 9.17) is 0 Å². The van der Waals surface area contributed by atoms with Crippen LogP contribution in [0.1, 0.15) is 18.4 Å². The molecule has 0 aromatic carbocycles. The molecule has 0 saturated carbocycles. The van der Waals surface area contributed by atoms with Crippen molar-refractivity contribution in [3.8, 4) is 0 Å². The molecule has 8 nitrogen and oxygen atoms in total. The minimum Gasteiger partial charge on any atom is -0.354 e. The number of pyridine rings is 1. The fraction of sp³-hybridized carbons (Fsp3) is 0.353. The monoisotopic (exact) mass is 337 g/mol. The third-order valence-corrected chi connectivity index (χ3v) is 4.43. The number of carbonyl (C=O) groups excluding carboxylic acids is 1. The number of hydrogen-bond donors (Lipinski definition) is 1. The van der Waals surface area contributed by atoms with Gasteiger partial charge in [-0.2, -0.15) is 4.52 Å². The van der Waals surface area contributed by atoms with Crippen LogP contribution in [0.3, 0.4) is 0 Å². The van der Waals surface area contributed by atoms with Crippen molar-refractivity contribution in [3.63, 3.8) is 0 Å². The first-order valence-corrected chi connectivity index (χ1v) is 8.34. The largest absolute Gasteiger partial charge is 0.354 e. The van der Waals surface area contributed by atoms with Crippen molar-refractivity contribution in [1.82, 2.24) is 24.8 Å². The van der Waals surface area contributed by atoms with E-state index in [2.05, 4.69) is 30.5 Å². The highest BCUT2D eigenvalue weighted by Crippen LogP contribution is 2.22. The molecule has 1 atom stereocenters. The smallest absolute Gasteiger partial charge is 0.230 e. The van der Waals surface area contributed by atoms with Gasteiger partial charge in [0.1, 0.15) is 18.0 Å². The van der Waals surface area contributed by atoms with Gasteiger partial charge in [-0.1, -0.05) is 6.07 Å². The van der Waals surface area contributed by atoms with E-state index >= 15 is 0 Å². The molecule has 1 fully saturated rings. The van der Waals surface area contributed by atoms with Crippen molar-refractivity contribution >= 4 is 23.2 Å². The summed E-state index contributed by atoms with van der Waals surface area (Å²) in [6, 6.07) is 7.57. The molecule has 1 N–H and O–H groups in total. The van der Waals surface area contributed by atoms with E-state index in [9.17, 15) is 4.79 Å². The van der Waals surface area contributed by atoms with Gasteiger partial charge in [0, 0.05) is 19.3 Å². The van der Waals surface area contributed by atoms with Crippen LogP contribution in [0, 0.1) is 12.8 Å². The molecule has 128 valence electrons. The second-order valence-electron chi connectivity index (χ2n) is 6.32. The molecule has 4 heterocycles. The summed E-state index contributed by atoms with van der Waals surface area (Å²) in [5.74, 6) is 1.34. The van der Waals surface area contributed by atoms with Crippen molar-refractivity contribution in [3.05, 3.63) is 42.4 Å². The van der Waals surface area contributed by atoms with Gasteiger partial charge in [-0.25, -0.2) is 4.98 Å². The summed E-state index contributed by atoms with van der Waals surface area (Å²) in [4.78, 5) is 19.0. The number of anilines is 2. The molecular weight excluding hydrogens is 318 g/mol. The number of rotatable bonds is 3. The van der Waals surface area contributed by atoms with Crippen LogP contribution in [-0.2, 0) is 4.79 Å². The number of nitrogens with one attached hydrogen (secondary N) is 1. The van der Waals surface area contributed by atoms with Crippen LogP contribution in [0.4, 0.5) is 11.6 Å². The van der Waals surface area contributed by atoms with E-state index in [0.29, 0.717) is 18.0 Å². The molecule has 3 aromatic rings. The van der Waals surface area contributed by atoms with Gasteiger partial charge in [0.2, 0.25) is 5.91 Å². The highest BCUT2D eigenvalue weighted by molar-refractivity contribution is 5.92. The van der Waals surface area contributed by atoms with Gasteiger partial charge < -0.3 is 10.2 Å². The number of nitrogens with zero attached hydrogens (tertiary/aromatic N) is 6. The number of aryl methyl sites for hydroxylation is 1. The Labute approximate surface area is 144 Å². The molecule has 1 unspecified atom stereocenters. The highest BCUT2D eigenvalue weighted by atomic mass is 16.2. The summed E-state index contributed by atoms with van der Waals surface area (Å²) in [6.07, 6.45) is 5.14. The summed E-state index contributed by atoms with van der Waals surface area (Å²) in [7, 11) is 0. The first kappa shape index (κ1) is 15.5. The first-order chi connectivity index (χ1) is 12.2. The minimum absolute atomic E-state index is 0.00595. The third-order valence-electron chi connectivity index (χ3n) is 4.43. The number of carbonyl (C=O) groups is 1. The van der Waals surface area contributed by atoms with E-state index in [1.807, 2.05) is 31.2 Å². The number of aromatic nitrogens is 5. The zero-order valence-electron chi connectivity index (χ0n) is 14.0. The fourth-order valence-electron chi connectivity index (χ4n) is 3.06. The molecule has 3 aromatic heterocycles. The Kier molecular flexibility index (Phi) is 4.01. The zero-order valence-corrected chi connectivity index (χ0v) is 14.0. The minimum atomic E-state index is -0.0877. The second-order valence-corrected chi connectivity index (χ2v) is 6.32. The van der Waals surface area contributed by atoms with Gasteiger partial charge in [-0.15, -0.1) is 15.3 Å². The average Bonchev–Trinajstić information content (AvgIpc) is 3.11. The van der Waals surface area contributed by atoms with Gasteiger partial charge in [0.05, 0.1) is 5.92 Å². The molecule has 0 radical (unpaired) electrons. The fourth-order valence-corrected chi connectivity index (χ4v) is 3.06. The van der Waals surface area contributed by atoms with Crippen LogP contribution in [0.5, 0.6) is 0 Å². The summed E-state index contributed by atoms with van der Waals surface area (Å²) < 4.78 is 1.65. The van der Waals surface area contributed by atoms with E-state index in [1.54, 1.807) is 17.0 Å². The number of hydrogen-bond acceptors (Lipinski definition) is 6. The summed E-state index contributed by atoms with van der Waals surface area (Å²) in [5.41, 5.74) is 1.78. The lowest BCUT2D eigenvalue weighted by molar-refractivity contribution is -0.120. The van der Waals surface area contributed by atoms with Gasteiger partial charge >= 0.3 is 0 Å². The Morgan fingerprint density at radius 3 is 3.04 bits per heavy atom. The van der Waals surface area contributed by atoms with Crippen molar-refractivity contribution in [2.45, 2.75) is 19.8 Å². The summed E-state index contributed by atoms with van der Waals surface area (Å²) in [6.45, 7) is 3.49. The van der Waals surface area contributed by atoms with Gasteiger partial charge in [-0.3, -0.25) is 4.79 Å². The lowest BCUT2D eigenvalue weighted by atomic mass is 9.97. The summed E-state index contributed by atoms with van der Waals surface area (Å²) in [5, 5.41) is 15.2. The molecular formula is C17H19N7O. The Morgan fingerprint density at radius 2 is 2.20 bits per heavy atom. The van der Waals surface area contributed by atoms with Crippen molar-refractivity contribution in [2.75, 3.05) is 23.3 Å². The molecule has 1 amide bonds. The third kappa shape index (κ3) is 3.28. The molecule has 0 aliphatic carbocycles. The van der Waals surface area contributed by atoms with Crippen LogP contribution in [0.2, 0.25) is 0 Å². The maximum absolute atomic E-state index is 12.6. The van der Waals surface area contributed by atoms with Crippen LogP contribution >= 0.6 is 0 Å². The predicted molar refractivity (Wildman–Crippen MR) is 93.3 cm³/mol. The Hall–Kier alpha value is -3.03. The standard InChI is InChI=1S/C17H19N7O/c1-12-4-5-14(18-9-12)20-17(25)13-3-2-8-23(10-13)16-7-6-15-21-19-11-24(15)22-16/h4-7,9,11,13H,2-3,8,10H2,1H3,(H,18,20,25). The SMILES string of the molecule is Cc1ccc(NC(=O)C2CCCN(c3ccc4nncn4n3)C2)nc1. The topological polar surface area (TPSA) is 88.3 Å². The number of piperidine rings is 1. The van der Waals surface area contributed by atoms with Crippen molar-refractivity contribution in [2.24, 2.45) is 5.92 Å². The van der Waals surface area contributed by atoms with Crippen molar-refractivity contribution < 1.29 is 4.79 Å². The molecule has 1 saturated heterocycles. The van der Waals surface area contributed by atoms with Gasteiger partial charge in [-0.05, 0) is 43.5 Å². The van der Waals surface area contributed by atoms with E-state index in [0.717, 1.165) is 30.8 Å². The maximum Gasteiger partial charge on any atom is 0.230 e. The lowest BCUT2D eigenvalue weighted by Crippen LogP contribution is -2.41. The Morgan fingerprint density at radius 1 is 1.28 bits per heavy atom. The van der Waals surface area contributed by atoms with Crippen LogP contribution in [0.15, 0.2) is 36.8 Å². The van der Waals surface area contributed by atoms with E-state index < -0.39 is 0 Å². The molecule has 0 bridgehead atoms. The summed E-state index contributed by atoms with van der Waals surface area (Å²) >= 11 is 0. The average molecular weight is 337 g/mol. The van der Waals surface area contributed by atoms with Crippen LogP contribution in [0.25, 0.3) is 5.65 Å². The van der Waals surface area contributed by atoms with Gasteiger partial charge in [0.15, 0.2) is 5.65 Å². The quantitative estimate of drug-likeness (QED) is 0.782. The predicted octanol–water partition coefficient (Wildman–Crippen LogP) is 1.68. The van der Waals surface area contributed by atoms with Gasteiger partial charge in [0.25, 0.3) is 0 Å². The van der Waals surface area contributed by atoms with E-state index in [1.165, 1.54) is 0 Å². The molecule has 1 aliphatic rings. The second kappa shape index (κ2) is 6.46.